The highest BCUT2D eigenvalue weighted by Crippen LogP contribution is 2.18. The van der Waals surface area contributed by atoms with E-state index >= 15 is 0 Å². The molecule has 0 aliphatic carbocycles. The van der Waals surface area contributed by atoms with E-state index in [1.807, 2.05) is 0 Å². The average Bonchev–Trinajstić information content (AvgIpc) is 2.63. The van der Waals surface area contributed by atoms with Gasteiger partial charge in [0.1, 0.15) is 11.5 Å². The fourth-order valence-electron chi connectivity index (χ4n) is 1.75. The highest BCUT2D eigenvalue weighted by molar-refractivity contribution is 5.63. The lowest BCUT2D eigenvalue weighted by Crippen LogP contribution is -2.15. The highest BCUT2D eigenvalue weighted by atomic mass is 19.3. The quantitative estimate of drug-likeness (QED) is 0.571. The predicted molar refractivity (Wildman–Crippen MR) is 89.2 cm³/mol. The summed E-state index contributed by atoms with van der Waals surface area (Å²) in [6.07, 6.45) is -5.02. The third-order valence-corrected chi connectivity index (χ3v) is 2.81. The van der Waals surface area contributed by atoms with Crippen LogP contribution in [0.2, 0.25) is 0 Å². The fraction of sp³-hybridized carbons (Fsp3) is 0.222. The number of carbonyl (C=O) groups is 2. The minimum Gasteiger partial charge on any atom is -0.449 e. The molecule has 0 fully saturated rings. The van der Waals surface area contributed by atoms with E-state index in [0.29, 0.717) is 5.56 Å². The molecule has 1 N–H and O–H groups in total. The zero-order valence-electron chi connectivity index (χ0n) is 14.0. The van der Waals surface area contributed by atoms with E-state index < -0.39 is 32.0 Å². The summed E-state index contributed by atoms with van der Waals surface area (Å²) >= 11 is 0. The predicted octanol–water partition coefficient (Wildman–Crippen LogP) is 4.72. The monoisotopic (exact) mass is 386 g/mol. The Labute approximate surface area is 153 Å². The van der Waals surface area contributed by atoms with Gasteiger partial charge in [-0.05, 0) is 23.8 Å². The molecule has 146 valence electrons. The van der Waals surface area contributed by atoms with Crippen molar-refractivity contribution >= 4 is 12.3 Å². The minimum atomic E-state index is -2.68. The second kappa shape index (κ2) is 12.2. The van der Waals surface area contributed by atoms with Crippen molar-refractivity contribution in [2.75, 3.05) is 13.3 Å². The number of carboxylic acid groups (broad SMARTS) is 1. The molecule has 0 radical (unpaired) electrons. The molecule has 0 amide bonds. The van der Waals surface area contributed by atoms with Gasteiger partial charge in [-0.3, -0.25) is 4.39 Å². The van der Waals surface area contributed by atoms with Crippen LogP contribution in [-0.4, -0.2) is 37.1 Å². The summed E-state index contributed by atoms with van der Waals surface area (Å²) in [5.41, 5.74) is 0.562. The van der Waals surface area contributed by atoms with Gasteiger partial charge in [0.15, 0.2) is 6.61 Å². The molecule has 0 aliphatic rings. The maximum Gasteiger partial charge on any atom is 0.514 e. The number of carbonyl (C=O) groups excluding carboxylic acids is 1. The normalized spacial score (nSPS) is 9.78. The highest BCUT2D eigenvalue weighted by Gasteiger charge is 2.10. The zero-order chi connectivity index (χ0) is 20.1. The second-order valence-corrected chi connectivity index (χ2v) is 4.78. The van der Waals surface area contributed by atoms with Crippen molar-refractivity contribution in [3.05, 3.63) is 60.2 Å². The third kappa shape index (κ3) is 9.73. The van der Waals surface area contributed by atoms with Crippen LogP contribution in [0.15, 0.2) is 54.6 Å². The Hall–Kier alpha value is -3.23. The number of rotatable bonds is 6. The van der Waals surface area contributed by atoms with Gasteiger partial charge in [0, 0.05) is 6.42 Å². The molecule has 6 nitrogen and oxygen atoms in total. The van der Waals surface area contributed by atoms with Crippen molar-refractivity contribution in [2.24, 2.45) is 0 Å². The summed E-state index contributed by atoms with van der Waals surface area (Å²) in [5.74, 6) is 0.458. The first kappa shape index (κ1) is 21.8. The Kier molecular flexibility index (Phi) is 9.84. The molecule has 0 spiro atoms. The van der Waals surface area contributed by atoms with Gasteiger partial charge in [0.25, 0.3) is 6.43 Å². The number of hydrogen-bond donors (Lipinski definition) is 1. The van der Waals surface area contributed by atoms with Crippen LogP contribution in [0.25, 0.3) is 0 Å². The molecular weight excluding hydrogens is 369 g/mol. The largest absolute Gasteiger partial charge is 0.514 e. The van der Waals surface area contributed by atoms with Crippen LogP contribution in [0.3, 0.4) is 0 Å². The number of para-hydroxylation sites is 2. The van der Waals surface area contributed by atoms with E-state index in [1.165, 1.54) is 18.2 Å². The van der Waals surface area contributed by atoms with Crippen molar-refractivity contribution in [3.63, 3.8) is 0 Å². The Bertz CT molecular complexity index is 709. The number of hydrogen-bond acceptors (Lipinski definition) is 5. The Morgan fingerprint density at radius 2 is 1.59 bits per heavy atom. The van der Waals surface area contributed by atoms with E-state index in [9.17, 15) is 22.8 Å². The van der Waals surface area contributed by atoms with Gasteiger partial charge < -0.3 is 19.3 Å². The van der Waals surface area contributed by atoms with E-state index in [1.54, 1.807) is 36.4 Å². The van der Waals surface area contributed by atoms with Crippen molar-refractivity contribution in [2.45, 2.75) is 12.8 Å². The van der Waals surface area contributed by atoms with Gasteiger partial charge in [-0.2, -0.15) is 0 Å². The molecule has 0 atom stereocenters. The molecule has 2 rings (SSSR count). The molecular formula is C18H17F3O6. The van der Waals surface area contributed by atoms with Crippen molar-refractivity contribution in [3.8, 4) is 11.5 Å². The van der Waals surface area contributed by atoms with Crippen LogP contribution in [0.1, 0.15) is 5.56 Å². The number of halogens is 3. The lowest BCUT2D eigenvalue weighted by atomic mass is 10.1. The summed E-state index contributed by atoms with van der Waals surface area (Å²) in [7, 11) is 0. The number of alkyl halides is 3. The average molecular weight is 386 g/mol. The van der Waals surface area contributed by atoms with Crippen LogP contribution >= 0.6 is 0 Å². The van der Waals surface area contributed by atoms with Crippen LogP contribution in [0, 0.1) is 0 Å². The number of benzene rings is 2. The Balaban J connectivity index is 0.000000271. The van der Waals surface area contributed by atoms with Gasteiger partial charge in [0.05, 0.1) is 6.67 Å². The molecule has 0 saturated carbocycles. The Morgan fingerprint density at radius 3 is 2.19 bits per heavy atom. The first-order valence-electron chi connectivity index (χ1n) is 7.64. The van der Waals surface area contributed by atoms with E-state index in [-0.39, 0.29) is 17.9 Å². The van der Waals surface area contributed by atoms with Crippen LogP contribution in [0.5, 0.6) is 11.5 Å². The molecule has 2 aromatic carbocycles. The molecule has 9 heteroatoms. The molecule has 0 bridgehead atoms. The van der Waals surface area contributed by atoms with Gasteiger partial charge in [-0.1, -0.05) is 36.4 Å². The first-order valence-corrected chi connectivity index (χ1v) is 7.64. The standard InChI is InChI=1S/C9H8F2O3.C9H9FO3/c10-8(11)6-13-9(12)14-7-4-2-1-3-5-7;10-6-5-7-3-1-2-4-8(7)13-9(11)12/h1-5,8H,6H2;1-4H,5-6H2,(H,11,12). The smallest absolute Gasteiger partial charge is 0.449 e. The SMILES string of the molecule is O=C(O)Oc1ccccc1CCF.O=C(OCC(F)F)Oc1ccccc1. The minimum absolute atomic E-state index is 0.170. The summed E-state index contributed by atoms with van der Waals surface area (Å²) in [6.45, 7) is -1.48. The third-order valence-electron chi connectivity index (χ3n) is 2.81. The number of ether oxygens (including phenoxy) is 3. The van der Waals surface area contributed by atoms with Crippen molar-refractivity contribution in [1.82, 2.24) is 0 Å². The lowest BCUT2D eigenvalue weighted by Gasteiger charge is -2.04. The molecule has 0 heterocycles. The molecule has 0 aliphatic heterocycles. The summed E-state index contributed by atoms with van der Waals surface area (Å²) in [6, 6.07) is 14.5. The summed E-state index contributed by atoms with van der Waals surface area (Å²) in [4.78, 5) is 20.9. The lowest BCUT2D eigenvalue weighted by molar-refractivity contribution is 0.0288. The maximum absolute atomic E-state index is 12.0. The van der Waals surface area contributed by atoms with Gasteiger partial charge in [0.2, 0.25) is 0 Å². The molecule has 0 saturated heterocycles. The van der Waals surface area contributed by atoms with Crippen LogP contribution in [0.4, 0.5) is 22.8 Å². The number of aryl methyl sites for hydroxylation is 1. The topological polar surface area (TPSA) is 82.1 Å². The van der Waals surface area contributed by atoms with Crippen LogP contribution in [-0.2, 0) is 11.2 Å². The Morgan fingerprint density at radius 1 is 0.963 bits per heavy atom. The molecule has 0 unspecified atom stereocenters. The van der Waals surface area contributed by atoms with Crippen molar-refractivity contribution < 1.29 is 42.1 Å². The first-order chi connectivity index (χ1) is 12.9. The summed E-state index contributed by atoms with van der Waals surface area (Å²) in [5, 5.41) is 8.34. The fourth-order valence-corrected chi connectivity index (χ4v) is 1.75. The second-order valence-electron chi connectivity index (χ2n) is 4.78. The molecule has 2 aromatic rings. The zero-order valence-corrected chi connectivity index (χ0v) is 14.0. The molecule has 0 aromatic heterocycles. The van der Waals surface area contributed by atoms with Gasteiger partial charge in [-0.25, -0.2) is 18.4 Å². The van der Waals surface area contributed by atoms with E-state index in [2.05, 4.69) is 14.2 Å². The maximum atomic E-state index is 12.0. The van der Waals surface area contributed by atoms with Crippen molar-refractivity contribution in [1.29, 1.82) is 0 Å². The molecule has 27 heavy (non-hydrogen) atoms. The summed E-state index contributed by atoms with van der Waals surface area (Å²) < 4.78 is 48.3. The van der Waals surface area contributed by atoms with Gasteiger partial charge in [-0.15, -0.1) is 0 Å². The van der Waals surface area contributed by atoms with Gasteiger partial charge >= 0.3 is 12.3 Å². The van der Waals surface area contributed by atoms with E-state index in [0.717, 1.165) is 0 Å². The van der Waals surface area contributed by atoms with E-state index in [4.69, 9.17) is 5.11 Å². The van der Waals surface area contributed by atoms with Crippen LogP contribution < -0.4 is 9.47 Å².